The maximum Gasteiger partial charge on any atom is 0.266 e. The summed E-state index contributed by atoms with van der Waals surface area (Å²) in [6.45, 7) is 0.512. The van der Waals surface area contributed by atoms with Crippen molar-refractivity contribution in [2.45, 2.75) is 12.6 Å². The Labute approximate surface area is 139 Å². The minimum absolute atomic E-state index is 0.145. The number of hydrogen-bond acceptors (Lipinski definition) is 3. The van der Waals surface area contributed by atoms with Crippen LogP contribution in [-0.2, 0) is 11.3 Å². The summed E-state index contributed by atoms with van der Waals surface area (Å²) in [6, 6.07) is 22.9. The third-order valence-corrected chi connectivity index (χ3v) is 4.23. The summed E-state index contributed by atoms with van der Waals surface area (Å²) >= 11 is 1.62. The van der Waals surface area contributed by atoms with Crippen LogP contribution in [0.25, 0.3) is 0 Å². The van der Waals surface area contributed by atoms with E-state index in [1.807, 2.05) is 78.2 Å². The van der Waals surface area contributed by atoms with Crippen molar-refractivity contribution in [2.75, 3.05) is 0 Å². The smallest absolute Gasteiger partial charge is 0.266 e. The Balaban J connectivity index is 1.75. The van der Waals surface area contributed by atoms with Crippen molar-refractivity contribution in [1.82, 2.24) is 5.32 Å². The molecule has 0 saturated heterocycles. The fourth-order valence-electron chi connectivity index (χ4n) is 2.22. The second-order valence-electron chi connectivity index (χ2n) is 5.02. The van der Waals surface area contributed by atoms with Gasteiger partial charge in [-0.1, -0.05) is 54.6 Å². The lowest BCUT2D eigenvalue weighted by molar-refractivity contribution is -0.128. The Morgan fingerprint density at radius 3 is 2.30 bits per heavy atom. The highest BCUT2D eigenvalue weighted by Crippen LogP contribution is 2.22. The molecule has 0 aliphatic heterocycles. The minimum atomic E-state index is -0.668. The molecule has 4 heteroatoms. The fraction of sp³-hybridized carbons (Fsp3) is 0.105. The molecular formula is C19H17NO2S. The van der Waals surface area contributed by atoms with E-state index in [9.17, 15) is 4.79 Å². The first-order chi connectivity index (χ1) is 11.3. The molecule has 2 aromatic carbocycles. The van der Waals surface area contributed by atoms with Crippen LogP contribution in [0.5, 0.6) is 5.75 Å². The average molecular weight is 323 g/mol. The topological polar surface area (TPSA) is 38.3 Å². The predicted octanol–water partition coefficient (Wildman–Crippen LogP) is 4.18. The lowest BCUT2D eigenvalue weighted by Crippen LogP contribution is -2.31. The Bertz CT molecular complexity index is 727. The molecule has 1 unspecified atom stereocenters. The molecule has 23 heavy (non-hydrogen) atoms. The van der Waals surface area contributed by atoms with E-state index in [0.29, 0.717) is 12.3 Å². The Morgan fingerprint density at radius 1 is 0.957 bits per heavy atom. The van der Waals surface area contributed by atoms with Gasteiger partial charge in [-0.05, 0) is 23.6 Å². The maximum atomic E-state index is 12.6. The van der Waals surface area contributed by atoms with Crippen LogP contribution in [0.15, 0.2) is 78.2 Å². The van der Waals surface area contributed by atoms with Crippen molar-refractivity contribution in [3.63, 3.8) is 0 Å². The van der Waals surface area contributed by atoms with Crippen molar-refractivity contribution in [1.29, 1.82) is 0 Å². The lowest BCUT2D eigenvalue weighted by atomic mass is 10.1. The van der Waals surface area contributed by atoms with Gasteiger partial charge in [0, 0.05) is 10.4 Å². The van der Waals surface area contributed by atoms with E-state index < -0.39 is 6.10 Å². The van der Waals surface area contributed by atoms with Gasteiger partial charge in [0.1, 0.15) is 5.75 Å². The second-order valence-corrected chi connectivity index (χ2v) is 6.05. The van der Waals surface area contributed by atoms with Crippen LogP contribution in [0, 0.1) is 0 Å². The summed E-state index contributed by atoms with van der Waals surface area (Å²) < 4.78 is 5.92. The van der Waals surface area contributed by atoms with Crippen molar-refractivity contribution >= 4 is 17.2 Å². The zero-order valence-corrected chi connectivity index (χ0v) is 13.3. The largest absolute Gasteiger partial charge is 0.476 e. The highest BCUT2D eigenvalue weighted by molar-refractivity contribution is 7.09. The Hall–Kier alpha value is -2.59. The summed E-state index contributed by atoms with van der Waals surface area (Å²) in [5.74, 6) is 0.529. The van der Waals surface area contributed by atoms with E-state index in [1.54, 1.807) is 11.3 Å². The summed E-state index contributed by atoms with van der Waals surface area (Å²) in [5, 5.41) is 4.95. The number of carbonyl (C=O) groups excluding carboxylic acids is 1. The first kappa shape index (κ1) is 15.3. The van der Waals surface area contributed by atoms with Gasteiger partial charge in [-0.3, -0.25) is 4.79 Å². The molecule has 1 atom stereocenters. The molecule has 0 bridgehead atoms. The molecule has 1 amide bonds. The van der Waals surface area contributed by atoms with Gasteiger partial charge in [0.15, 0.2) is 0 Å². The molecule has 116 valence electrons. The third-order valence-electron chi connectivity index (χ3n) is 3.35. The zero-order valence-electron chi connectivity index (χ0n) is 12.5. The summed E-state index contributed by atoms with van der Waals surface area (Å²) in [4.78, 5) is 13.7. The quantitative estimate of drug-likeness (QED) is 0.739. The van der Waals surface area contributed by atoms with Crippen molar-refractivity contribution in [2.24, 2.45) is 0 Å². The van der Waals surface area contributed by atoms with Gasteiger partial charge >= 0.3 is 0 Å². The van der Waals surface area contributed by atoms with Crippen LogP contribution in [0.1, 0.15) is 16.5 Å². The predicted molar refractivity (Wildman–Crippen MR) is 92.4 cm³/mol. The van der Waals surface area contributed by atoms with Gasteiger partial charge in [0.05, 0.1) is 6.54 Å². The minimum Gasteiger partial charge on any atom is -0.476 e. The van der Waals surface area contributed by atoms with Gasteiger partial charge in [0.2, 0.25) is 6.10 Å². The van der Waals surface area contributed by atoms with Crippen LogP contribution in [0.3, 0.4) is 0 Å². The van der Waals surface area contributed by atoms with E-state index in [1.165, 1.54) is 0 Å². The Morgan fingerprint density at radius 2 is 1.65 bits per heavy atom. The van der Waals surface area contributed by atoms with E-state index in [-0.39, 0.29) is 5.91 Å². The Kier molecular flexibility index (Phi) is 5.06. The molecule has 1 N–H and O–H groups in total. The monoisotopic (exact) mass is 323 g/mol. The number of carbonyl (C=O) groups is 1. The number of rotatable bonds is 6. The second kappa shape index (κ2) is 7.61. The standard InChI is InChI=1S/C19H17NO2S/c21-19(20-14-17-12-7-13-23-17)18(15-8-3-1-4-9-15)22-16-10-5-2-6-11-16/h1-13,18H,14H2,(H,20,21). The molecule has 0 radical (unpaired) electrons. The summed E-state index contributed by atoms with van der Waals surface area (Å²) in [6.07, 6.45) is -0.668. The van der Waals surface area contributed by atoms with Crippen LogP contribution >= 0.6 is 11.3 Å². The number of hydrogen-bond donors (Lipinski definition) is 1. The van der Waals surface area contributed by atoms with Crippen LogP contribution in [0.4, 0.5) is 0 Å². The third kappa shape index (κ3) is 4.20. The molecule has 1 aromatic heterocycles. The molecule has 0 fully saturated rings. The SMILES string of the molecule is O=C(NCc1cccs1)C(Oc1ccccc1)c1ccccc1. The summed E-state index contributed by atoms with van der Waals surface area (Å²) in [5.41, 5.74) is 0.833. The highest BCUT2D eigenvalue weighted by Gasteiger charge is 2.22. The van der Waals surface area contributed by atoms with Gasteiger partial charge in [-0.2, -0.15) is 0 Å². The molecule has 0 spiro atoms. The number of benzene rings is 2. The molecule has 3 nitrogen and oxygen atoms in total. The average Bonchev–Trinajstić information content (AvgIpc) is 3.13. The van der Waals surface area contributed by atoms with Crippen LogP contribution < -0.4 is 10.1 Å². The van der Waals surface area contributed by atoms with E-state index in [0.717, 1.165) is 10.4 Å². The van der Waals surface area contributed by atoms with E-state index >= 15 is 0 Å². The first-order valence-corrected chi connectivity index (χ1v) is 8.27. The number of para-hydroxylation sites is 1. The van der Waals surface area contributed by atoms with Crippen molar-refractivity contribution in [3.05, 3.63) is 88.6 Å². The summed E-state index contributed by atoms with van der Waals surface area (Å²) in [7, 11) is 0. The fourth-order valence-corrected chi connectivity index (χ4v) is 2.86. The first-order valence-electron chi connectivity index (χ1n) is 7.39. The normalized spacial score (nSPS) is 11.7. The number of nitrogens with one attached hydrogen (secondary N) is 1. The molecule has 3 rings (SSSR count). The highest BCUT2D eigenvalue weighted by atomic mass is 32.1. The number of thiophene rings is 1. The van der Waals surface area contributed by atoms with E-state index in [4.69, 9.17) is 4.74 Å². The van der Waals surface area contributed by atoms with Crippen LogP contribution in [-0.4, -0.2) is 5.91 Å². The molecule has 3 aromatic rings. The lowest BCUT2D eigenvalue weighted by Gasteiger charge is -2.19. The molecule has 0 aliphatic rings. The van der Waals surface area contributed by atoms with Gasteiger partial charge in [0.25, 0.3) is 5.91 Å². The molecule has 0 saturated carbocycles. The van der Waals surface area contributed by atoms with Gasteiger partial charge in [-0.25, -0.2) is 0 Å². The zero-order chi connectivity index (χ0) is 15.9. The number of ether oxygens (including phenoxy) is 1. The van der Waals surface area contributed by atoms with Crippen LogP contribution in [0.2, 0.25) is 0 Å². The van der Waals surface area contributed by atoms with Gasteiger partial charge in [-0.15, -0.1) is 11.3 Å². The molecular weight excluding hydrogens is 306 g/mol. The van der Waals surface area contributed by atoms with E-state index in [2.05, 4.69) is 5.32 Å². The molecule has 1 heterocycles. The number of amides is 1. The molecule has 0 aliphatic carbocycles. The van der Waals surface area contributed by atoms with Crippen molar-refractivity contribution in [3.8, 4) is 5.75 Å². The van der Waals surface area contributed by atoms with Crippen molar-refractivity contribution < 1.29 is 9.53 Å². The van der Waals surface area contributed by atoms with Gasteiger partial charge < -0.3 is 10.1 Å². The maximum absolute atomic E-state index is 12.6.